The molecule has 0 fully saturated rings. The summed E-state index contributed by atoms with van der Waals surface area (Å²) in [7, 11) is 0. The molecule has 1 rings (SSSR count). The molecule has 1 amide bonds. The van der Waals surface area contributed by atoms with Crippen molar-refractivity contribution >= 4 is 5.91 Å². The highest BCUT2D eigenvalue weighted by Crippen LogP contribution is 2.10. The second-order valence-corrected chi connectivity index (χ2v) is 4.44. The summed E-state index contributed by atoms with van der Waals surface area (Å²) in [6, 6.07) is 8.68. The third-order valence-electron chi connectivity index (χ3n) is 2.67. The number of hydrogen-bond acceptors (Lipinski definition) is 3. The summed E-state index contributed by atoms with van der Waals surface area (Å²) in [5.74, 6) is -0.140. The van der Waals surface area contributed by atoms with Crippen LogP contribution in [0.15, 0.2) is 30.3 Å². The summed E-state index contributed by atoms with van der Waals surface area (Å²) < 4.78 is 0. The number of benzene rings is 1. The lowest BCUT2D eigenvalue weighted by atomic mass is 10.0. The smallest absolute Gasteiger partial charge is 0.237 e. The largest absolute Gasteiger partial charge is 0.387 e. The highest BCUT2D eigenvalue weighted by molar-refractivity contribution is 5.81. The van der Waals surface area contributed by atoms with Crippen LogP contribution in [-0.4, -0.2) is 23.6 Å². The van der Waals surface area contributed by atoms with Crippen molar-refractivity contribution in [2.45, 2.75) is 26.0 Å². The van der Waals surface area contributed by atoms with Gasteiger partial charge in [0.2, 0.25) is 5.91 Å². The van der Waals surface area contributed by atoms with Gasteiger partial charge < -0.3 is 16.2 Å². The fourth-order valence-corrected chi connectivity index (χ4v) is 1.41. The number of hydrogen-bond donors (Lipinski definition) is 3. The first-order valence-electron chi connectivity index (χ1n) is 5.78. The fourth-order valence-electron chi connectivity index (χ4n) is 1.41. The molecule has 17 heavy (non-hydrogen) atoms. The van der Waals surface area contributed by atoms with Crippen molar-refractivity contribution in [3.05, 3.63) is 35.9 Å². The van der Waals surface area contributed by atoms with Crippen LogP contribution in [0.5, 0.6) is 0 Å². The second kappa shape index (κ2) is 6.37. The van der Waals surface area contributed by atoms with Gasteiger partial charge in [-0.05, 0) is 11.5 Å². The molecule has 0 spiro atoms. The SMILES string of the molecule is CC(C)[C@H](N)C(=O)NCC(O)c1ccccc1. The molecular weight excluding hydrogens is 216 g/mol. The minimum Gasteiger partial charge on any atom is -0.387 e. The van der Waals surface area contributed by atoms with E-state index in [0.717, 1.165) is 5.56 Å². The number of rotatable bonds is 5. The van der Waals surface area contributed by atoms with E-state index < -0.39 is 12.1 Å². The van der Waals surface area contributed by atoms with Crippen molar-refractivity contribution < 1.29 is 9.90 Å². The average molecular weight is 236 g/mol. The highest BCUT2D eigenvalue weighted by atomic mass is 16.3. The molecule has 0 bridgehead atoms. The Balaban J connectivity index is 2.44. The van der Waals surface area contributed by atoms with Crippen LogP contribution in [0.4, 0.5) is 0 Å². The summed E-state index contributed by atoms with van der Waals surface area (Å²) >= 11 is 0. The molecule has 0 aromatic heterocycles. The van der Waals surface area contributed by atoms with Gasteiger partial charge in [0, 0.05) is 6.54 Å². The van der Waals surface area contributed by atoms with E-state index in [1.165, 1.54) is 0 Å². The minimum absolute atomic E-state index is 0.0869. The molecule has 4 nitrogen and oxygen atoms in total. The van der Waals surface area contributed by atoms with Gasteiger partial charge in [-0.2, -0.15) is 0 Å². The van der Waals surface area contributed by atoms with Gasteiger partial charge in [-0.1, -0.05) is 44.2 Å². The van der Waals surface area contributed by atoms with E-state index in [9.17, 15) is 9.90 Å². The van der Waals surface area contributed by atoms with Gasteiger partial charge in [0.25, 0.3) is 0 Å². The van der Waals surface area contributed by atoms with E-state index >= 15 is 0 Å². The van der Waals surface area contributed by atoms with Crippen LogP contribution >= 0.6 is 0 Å². The summed E-state index contributed by atoms with van der Waals surface area (Å²) in [6.45, 7) is 3.96. The van der Waals surface area contributed by atoms with E-state index in [2.05, 4.69) is 5.32 Å². The molecule has 0 aliphatic rings. The molecule has 1 aromatic rings. The maximum Gasteiger partial charge on any atom is 0.237 e. The van der Waals surface area contributed by atoms with Crippen molar-refractivity contribution in [2.24, 2.45) is 11.7 Å². The molecule has 0 saturated heterocycles. The minimum atomic E-state index is -0.695. The van der Waals surface area contributed by atoms with Crippen LogP contribution in [0.3, 0.4) is 0 Å². The van der Waals surface area contributed by atoms with Crippen LogP contribution in [0.2, 0.25) is 0 Å². The first-order chi connectivity index (χ1) is 8.02. The molecule has 2 atom stereocenters. The van der Waals surface area contributed by atoms with E-state index in [0.29, 0.717) is 0 Å². The fraction of sp³-hybridized carbons (Fsp3) is 0.462. The maximum atomic E-state index is 11.6. The Hall–Kier alpha value is -1.39. The molecular formula is C13H20N2O2. The lowest BCUT2D eigenvalue weighted by Crippen LogP contribution is -2.45. The molecule has 4 N–H and O–H groups in total. The monoisotopic (exact) mass is 236 g/mol. The van der Waals surface area contributed by atoms with E-state index in [1.54, 1.807) is 0 Å². The number of aliphatic hydroxyl groups excluding tert-OH is 1. The average Bonchev–Trinajstić information content (AvgIpc) is 2.35. The van der Waals surface area contributed by atoms with Gasteiger partial charge in [-0.25, -0.2) is 0 Å². The standard InChI is InChI=1S/C13H20N2O2/c1-9(2)12(14)13(17)15-8-11(16)10-6-4-3-5-7-10/h3-7,9,11-12,16H,8,14H2,1-2H3,(H,15,17)/t11?,12-/m0/s1. The molecule has 0 heterocycles. The zero-order valence-electron chi connectivity index (χ0n) is 10.3. The molecule has 4 heteroatoms. The first-order valence-corrected chi connectivity index (χ1v) is 5.78. The number of nitrogens with two attached hydrogens (primary N) is 1. The second-order valence-electron chi connectivity index (χ2n) is 4.44. The highest BCUT2D eigenvalue weighted by Gasteiger charge is 2.18. The zero-order valence-corrected chi connectivity index (χ0v) is 10.3. The maximum absolute atomic E-state index is 11.6. The first kappa shape index (κ1) is 13.7. The van der Waals surface area contributed by atoms with Crippen molar-refractivity contribution in [2.75, 3.05) is 6.54 Å². The Bertz CT molecular complexity index is 352. The van der Waals surface area contributed by atoms with Crippen LogP contribution in [0.1, 0.15) is 25.5 Å². The molecule has 0 aliphatic heterocycles. The molecule has 0 saturated carbocycles. The lowest BCUT2D eigenvalue weighted by Gasteiger charge is -2.17. The van der Waals surface area contributed by atoms with Crippen molar-refractivity contribution in [1.29, 1.82) is 0 Å². The van der Waals surface area contributed by atoms with E-state index in [4.69, 9.17) is 5.73 Å². The van der Waals surface area contributed by atoms with Crippen molar-refractivity contribution in [3.63, 3.8) is 0 Å². The van der Waals surface area contributed by atoms with Crippen molar-refractivity contribution in [3.8, 4) is 0 Å². The Labute approximate surface area is 102 Å². The van der Waals surface area contributed by atoms with Crippen LogP contribution < -0.4 is 11.1 Å². The predicted octanol–water partition coefficient (Wildman–Crippen LogP) is 0.819. The molecule has 1 unspecified atom stereocenters. The van der Waals surface area contributed by atoms with Crippen LogP contribution in [0.25, 0.3) is 0 Å². The number of amides is 1. The number of nitrogens with one attached hydrogen (secondary N) is 1. The summed E-state index contributed by atoms with van der Waals surface area (Å²) in [6.07, 6.45) is -0.695. The Morgan fingerprint density at radius 2 is 1.94 bits per heavy atom. The number of carbonyl (C=O) groups is 1. The van der Waals surface area contributed by atoms with Crippen LogP contribution in [0, 0.1) is 5.92 Å². The molecule has 0 aliphatic carbocycles. The van der Waals surface area contributed by atoms with E-state index in [-0.39, 0.29) is 18.4 Å². The molecule has 1 aromatic carbocycles. The third kappa shape index (κ3) is 4.17. The zero-order chi connectivity index (χ0) is 12.8. The van der Waals surface area contributed by atoms with Crippen LogP contribution in [-0.2, 0) is 4.79 Å². The lowest BCUT2D eigenvalue weighted by molar-refractivity contribution is -0.123. The molecule has 94 valence electrons. The Morgan fingerprint density at radius 1 is 1.35 bits per heavy atom. The summed E-state index contributed by atoms with van der Waals surface area (Å²) in [5, 5.41) is 12.5. The van der Waals surface area contributed by atoms with Gasteiger partial charge in [0.05, 0.1) is 12.1 Å². The van der Waals surface area contributed by atoms with Crippen molar-refractivity contribution in [1.82, 2.24) is 5.32 Å². The van der Waals surface area contributed by atoms with Gasteiger partial charge in [-0.15, -0.1) is 0 Å². The normalized spacial score (nSPS) is 14.4. The molecule has 0 radical (unpaired) electrons. The third-order valence-corrected chi connectivity index (χ3v) is 2.67. The Morgan fingerprint density at radius 3 is 2.47 bits per heavy atom. The Kier molecular flexibility index (Phi) is 5.12. The van der Waals surface area contributed by atoms with Gasteiger partial charge in [0.1, 0.15) is 0 Å². The summed E-state index contributed by atoms with van der Waals surface area (Å²) in [4.78, 5) is 11.6. The van der Waals surface area contributed by atoms with Gasteiger partial charge >= 0.3 is 0 Å². The van der Waals surface area contributed by atoms with Gasteiger partial charge in [0.15, 0.2) is 0 Å². The quantitative estimate of drug-likeness (QED) is 0.708. The predicted molar refractivity (Wildman–Crippen MR) is 67.2 cm³/mol. The number of aliphatic hydroxyl groups is 1. The van der Waals surface area contributed by atoms with Gasteiger partial charge in [-0.3, -0.25) is 4.79 Å². The summed E-state index contributed by atoms with van der Waals surface area (Å²) in [5.41, 5.74) is 6.47. The topological polar surface area (TPSA) is 75.4 Å². The van der Waals surface area contributed by atoms with E-state index in [1.807, 2.05) is 44.2 Å². The number of carbonyl (C=O) groups excluding carboxylic acids is 1.